The zero-order chi connectivity index (χ0) is 25.0. The van der Waals surface area contributed by atoms with Crippen molar-refractivity contribution in [3.8, 4) is 16.9 Å². The molecule has 0 bridgehead atoms. The summed E-state index contributed by atoms with van der Waals surface area (Å²) in [5.74, 6) is 0.654. The molecular formula is C30H34BrFO3. The molecule has 4 rings (SSSR count). The smallest absolute Gasteiger partial charge is 0.123 e. The van der Waals surface area contributed by atoms with E-state index in [0.29, 0.717) is 6.61 Å². The molecule has 186 valence electrons. The van der Waals surface area contributed by atoms with E-state index in [1.54, 1.807) is 12.1 Å². The number of benzene rings is 3. The minimum absolute atomic E-state index is 0.194. The first-order valence-corrected chi connectivity index (χ1v) is 13.1. The third-order valence-corrected chi connectivity index (χ3v) is 6.59. The predicted molar refractivity (Wildman–Crippen MR) is 143 cm³/mol. The van der Waals surface area contributed by atoms with E-state index in [2.05, 4.69) is 53.2 Å². The Hall–Kier alpha value is -2.50. The Bertz CT molecular complexity index is 1060. The minimum atomic E-state index is -0.210. The predicted octanol–water partition coefficient (Wildman–Crippen LogP) is 8.32. The van der Waals surface area contributed by atoms with Gasteiger partial charge in [-0.3, -0.25) is 0 Å². The van der Waals surface area contributed by atoms with Gasteiger partial charge in [-0.05, 0) is 97.7 Å². The molecule has 0 aliphatic heterocycles. The second kappa shape index (κ2) is 14.2. The second-order valence-electron chi connectivity index (χ2n) is 8.77. The van der Waals surface area contributed by atoms with E-state index in [1.165, 1.54) is 24.1 Å². The maximum atomic E-state index is 13.8. The largest absolute Gasteiger partial charge is 0.490 e. The number of carbonyl (C=O) groups excluding carboxylic acids is 1. The van der Waals surface area contributed by atoms with Gasteiger partial charge in [0.05, 0.1) is 18.8 Å². The summed E-state index contributed by atoms with van der Waals surface area (Å²) in [6.45, 7) is 4.26. The molecule has 0 spiro atoms. The number of ether oxygens (including phenoxy) is 2. The average Bonchev–Trinajstić information content (AvgIpc) is 2.86. The van der Waals surface area contributed by atoms with E-state index >= 15 is 0 Å². The summed E-state index contributed by atoms with van der Waals surface area (Å²) in [6, 6.07) is 21.4. The van der Waals surface area contributed by atoms with E-state index in [0.717, 1.165) is 66.2 Å². The topological polar surface area (TPSA) is 35.5 Å². The Balaban J connectivity index is 0.00000108. The molecule has 0 aromatic heterocycles. The lowest BCUT2D eigenvalue weighted by atomic mass is 9.94. The quantitative estimate of drug-likeness (QED) is 0.269. The van der Waals surface area contributed by atoms with Crippen molar-refractivity contribution in [1.82, 2.24) is 0 Å². The second-order valence-corrected chi connectivity index (χ2v) is 9.68. The van der Waals surface area contributed by atoms with Gasteiger partial charge < -0.3 is 14.3 Å². The summed E-state index contributed by atoms with van der Waals surface area (Å²) in [6.07, 6.45) is 7.22. The number of hydrogen-bond donors (Lipinski definition) is 0. The highest BCUT2D eigenvalue weighted by atomic mass is 79.9. The Kier molecular flexibility index (Phi) is 11.0. The maximum Gasteiger partial charge on any atom is 0.123 e. The molecular weight excluding hydrogens is 507 g/mol. The standard InChI is InChI=1S/C28H30BrFO2.C2H4O/c1-2-4-21-9-12-27(18-28(21)22-5-3-6-24(30)17-22)32-26-15-13-25(14-16-26)31-19-20-7-10-23(29)11-8-20;1-2-3/h3,5-12,17-18,25-26H,2,4,13-16,19H2,1H3;2H,1H3. The molecule has 1 fully saturated rings. The molecule has 1 aliphatic rings. The minimum Gasteiger partial charge on any atom is -0.490 e. The molecule has 3 aromatic rings. The zero-order valence-corrected chi connectivity index (χ0v) is 22.1. The molecule has 0 radical (unpaired) electrons. The summed E-state index contributed by atoms with van der Waals surface area (Å²) in [7, 11) is 0. The zero-order valence-electron chi connectivity index (χ0n) is 20.5. The molecule has 3 aromatic carbocycles. The fourth-order valence-corrected chi connectivity index (χ4v) is 4.61. The van der Waals surface area contributed by atoms with E-state index in [4.69, 9.17) is 14.3 Å². The van der Waals surface area contributed by atoms with Crippen LogP contribution >= 0.6 is 15.9 Å². The Morgan fingerprint density at radius 3 is 2.31 bits per heavy atom. The van der Waals surface area contributed by atoms with Crippen molar-refractivity contribution in [3.05, 3.63) is 88.1 Å². The van der Waals surface area contributed by atoms with Crippen LogP contribution in [0.5, 0.6) is 5.75 Å². The molecule has 1 aliphatic carbocycles. The normalized spacial score (nSPS) is 17.3. The summed E-state index contributed by atoms with van der Waals surface area (Å²) in [4.78, 5) is 8.81. The lowest BCUT2D eigenvalue weighted by Gasteiger charge is -2.29. The number of aldehydes is 1. The highest BCUT2D eigenvalue weighted by Crippen LogP contribution is 2.32. The molecule has 35 heavy (non-hydrogen) atoms. The average molecular weight is 542 g/mol. The number of hydrogen-bond acceptors (Lipinski definition) is 3. The van der Waals surface area contributed by atoms with E-state index in [-0.39, 0.29) is 18.0 Å². The van der Waals surface area contributed by atoms with Gasteiger partial charge in [-0.1, -0.05) is 59.6 Å². The van der Waals surface area contributed by atoms with E-state index < -0.39 is 0 Å². The van der Waals surface area contributed by atoms with Crippen LogP contribution in [0.3, 0.4) is 0 Å². The Morgan fingerprint density at radius 2 is 1.66 bits per heavy atom. The van der Waals surface area contributed by atoms with Gasteiger partial charge in [0.2, 0.25) is 0 Å². The van der Waals surface area contributed by atoms with E-state index in [1.807, 2.05) is 18.2 Å². The molecule has 0 amide bonds. The first kappa shape index (κ1) is 27.1. The molecule has 5 heteroatoms. The molecule has 0 atom stereocenters. The summed E-state index contributed by atoms with van der Waals surface area (Å²) in [5.41, 5.74) is 4.40. The molecule has 0 heterocycles. The van der Waals surface area contributed by atoms with Gasteiger partial charge in [0, 0.05) is 4.47 Å². The summed E-state index contributed by atoms with van der Waals surface area (Å²) in [5, 5.41) is 0. The lowest BCUT2D eigenvalue weighted by molar-refractivity contribution is -0.106. The number of rotatable bonds is 8. The van der Waals surface area contributed by atoms with Crippen molar-refractivity contribution in [2.45, 2.75) is 71.2 Å². The lowest BCUT2D eigenvalue weighted by Crippen LogP contribution is -2.28. The van der Waals surface area contributed by atoms with Crippen LogP contribution in [-0.2, 0) is 22.6 Å². The van der Waals surface area contributed by atoms with Gasteiger partial charge in [0.1, 0.15) is 17.9 Å². The molecule has 0 saturated heterocycles. The molecule has 0 N–H and O–H groups in total. The van der Waals surface area contributed by atoms with Gasteiger partial charge in [-0.25, -0.2) is 4.39 Å². The van der Waals surface area contributed by atoms with Crippen molar-refractivity contribution in [1.29, 1.82) is 0 Å². The van der Waals surface area contributed by atoms with Crippen LogP contribution in [0.25, 0.3) is 11.1 Å². The number of halogens is 2. The maximum absolute atomic E-state index is 13.8. The number of aryl methyl sites for hydroxylation is 1. The van der Waals surface area contributed by atoms with Crippen LogP contribution < -0.4 is 4.74 Å². The highest BCUT2D eigenvalue weighted by Gasteiger charge is 2.23. The van der Waals surface area contributed by atoms with Crippen molar-refractivity contribution in [2.75, 3.05) is 0 Å². The first-order valence-electron chi connectivity index (χ1n) is 12.3. The van der Waals surface area contributed by atoms with Crippen LogP contribution in [0.2, 0.25) is 0 Å². The third kappa shape index (κ3) is 8.59. The Morgan fingerprint density at radius 1 is 0.971 bits per heavy atom. The van der Waals surface area contributed by atoms with Gasteiger partial charge in [-0.2, -0.15) is 0 Å². The van der Waals surface area contributed by atoms with Crippen molar-refractivity contribution in [2.24, 2.45) is 0 Å². The van der Waals surface area contributed by atoms with Crippen LogP contribution in [0.15, 0.2) is 71.2 Å². The van der Waals surface area contributed by atoms with Gasteiger partial charge in [0.15, 0.2) is 0 Å². The third-order valence-electron chi connectivity index (χ3n) is 6.06. The van der Waals surface area contributed by atoms with Crippen LogP contribution in [0, 0.1) is 5.82 Å². The molecule has 1 saturated carbocycles. The van der Waals surface area contributed by atoms with Crippen LogP contribution in [-0.4, -0.2) is 18.5 Å². The fourth-order valence-electron chi connectivity index (χ4n) is 4.34. The monoisotopic (exact) mass is 540 g/mol. The van der Waals surface area contributed by atoms with Gasteiger partial charge >= 0.3 is 0 Å². The Labute approximate surface area is 216 Å². The first-order chi connectivity index (χ1) is 17.0. The molecule has 0 unspecified atom stereocenters. The summed E-state index contributed by atoms with van der Waals surface area (Å²) < 4.78 is 27.4. The molecule has 3 nitrogen and oxygen atoms in total. The number of carbonyl (C=O) groups is 1. The van der Waals surface area contributed by atoms with E-state index in [9.17, 15) is 4.39 Å². The SMILES string of the molecule is CC=O.CCCc1ccc(OC2CCC(OCc3ccc(Br)cc3)CC2)cc1-c1cccc(F)c1. The fraction of sp³-hybridized carbons (Fsp3) is 0.367. The van der Waals surface area contributed by atoms with Crippen molar-refractivity contribution in [3.63, 3.8) is 0 Å². The highest BCUT2D eigenvalue weighted by molar-refractivity contribution is 9.10. The summed E-state index contributed by atoms with van der Waals surface area (Å²) >= 11 is 3.47. The van der Waals surface area contributed by atoms with Gasteiger partial charge in [-0.15, -0.1) is 0 Å². The van der Waals surface area contributed by atoms with Crippen molar-refractivity contribution < 1.29 is 18.7 Å². The van der Waals surface area contributed by atoms with Gasteiger partial charge in [0.25, 0.3) is 0 Å². The van der Waals surface area contributed by atoms with Crippen molar-refractivity contribution >= 4 is 22.2 Å². The van der Waals surface area contributed by atoms with Crippen LogP contribution in [0.4, 0.5) is 4.39 Å². The van der Waals surface area contributed by atoms with Crippen LogP contribution in [0.1, 0.15) is 57.1 Å².